The highest BCUT2D eigenvalue weighted by Gasteiger charge is 2.28. The van der Waals surface area contributed by atoms with Crippen LogP contribution in [0.5, 0.6) is 11.5 Å². The van der Waals surface area contributed by atoms with E-state index >= 15 is 0 Å². The van der Waals surface area contributed by atoms with E-state index in [0.29, 0.717) is 35.0 Å². The molecule has 1 unspecified atom stereocenters. The van der Waals surface area contributed by atoms with E-state index in [9.17, 15) is 9.59 Å². The first kappa shape index (κ1) is 21.8. The fourth-order valence-electron chi connectivity index (χ4n) is 4.16. The minimum atomic E-state index is -0.0890. The van der Waals surface area contributed by atoms with Gasteiger partial charge in [-0.25, -0.2) is 0 Å². The number of aryl methyl sites for hydroxylation is 1. The van der Waals surface area contributed by atoms with Crippen LogP contribution < -0.4 is 10.1 Å². The Kier molecular flexibility index (Phi) is 5.77. The Labute approximate surface area is 198 Å². The van der Waals surface area contributed by atoms with Crippen LogP contribution in [0.25, 0.3) is 20.3 Å². The zero-order valence-corrected chi connectivity index (χ0v) is 20.1. The van der Waals surface area contributed by atoms with Crippen LogP contribution >= 0.6 is 22.7 Å². The number of hydrogen-bond donors (Lipinski definition) is 1. The zero-order chi connectivity index (χ0) is 23.1. The van der Waals surface area contributed by atoms with E-state index in [2.05, 4.69) is 10.3 Å². The van der Waals surface area contributed by atoms with Gasteiger partial charge in [-0.3, -0.25) is 14.6 Å². The lowest BCUT2D eigenvalue weighted by Crippen LogP contribution is -2.29. The molecular formula is C24H23N3O4S2. The van der Waals surface area contributed by atoms with Gasteiger partial charge in [0.05, 0.1) is 26.8 Å². The Balaban J connectivity index is 1.44. The van der Waals surface area contributed by atoms with Gasteiger partial charge in [-0.2, -0.15) is 0 Å². The molecule has 4 aromatic rings. The second-order valence-electron chi connectivity index (χ2n) is 7.90. The maximum absolute atomic E-state index is 13.0. The smallest absolute Gasteiger partial charge is 0.264 e. The lowest BCUT2D eigenvalue weighted by Gasteiger charge is -2.14. The average Bonchev–Trinajstić information content (AvgIpc) is 3.54. The molecule has 0 radical (unpaired) electrons. The highest BCUT2D eigenvalue weighted by Crippen LogP contribution is 2.38. The molecule has 1 saturated heterocycles. The van der Waals surface area contributed by atoms with E-state index in [1.807, 2.05) is 42.2 Å². The topological polar surface area (TPSA) is 80.8 Å². The summed E-state index contributed by atoms with van der Waals surface area (Å²) in [5.41, 5.74) is 1.44. The lowest BCUT2D eigenvalue weighted by molar-refractivity contribution is 0.0728. The maximum Gasteiger partial charge on any atom is 0.264 e. The number of fused-ring (bicyclic) bond motifs is 2. The Morgan fingerprint density at radius 2 is 2.06 bits per heavy atom. The molecule has 1 atom stereocenters. The van der Waals surface area contributed by atoms with Gasteiger partial charge < -0.3 is 19.7 Å². The Morgan fingerprint density at radius 3 is 2.82 bits per heavy atom. The molecule has 1 N–H and O–H groups in total. The number of carbonyl (C=O) groups excluding carboxylic acids is 2. The summed E-state index contributed by atoms with van der Waals surface area (Å²) < 4.78 is 13.4. The first-order valence-corrected chi connectivity index (χ1v) is 12.3. The van der Waals surface area contributed by atoms with Crippen LogP contribution in [0.4, 0.5) is 0 Å². The van der Waals surface area contributed by atoms with Gasteiger partial charge in [-0.1, -0.05) is 0 Å². The van der Waals surface area contributed by atoms with Crippen LogP contribution in [0.3, 0.4) is 0 Å². The molecule has 0 spiro atoms. The van der Waals surface area contributed by atoms with Gasteiger partial charge in [0.25, 0.3) is 11.8 Å². The number of ether oxygens (including phenoxy) is 2. The van der Waals surface area contributed by atoms with Crippen LogP contribution in [0.1, 0.15) is 31.3 Å². The molecule has 1 aliphatic rings. The molecule has 33 heavy (non-hydrogen) atoms. The van der Waals surface area contributed by atoms with Gasteiger partial charge in [0.15, 0.2) is 0 Å². The summed E-state index contributed by atoms with van der Waals surface area (Å²) in [4.78, 5) is 33.1. The summed E-state index contributed by atoms with van der Waals surface area (Å²) in [6, 6.07) is 9.36. The van der Waals surface area contributed by atoms with E-state index in [-0.39, 0.29) is 17.9 Å². The van der Waals surface area contributed by atoms with E-state index in [0.717, 1.165) is 31.6 Å². The second kappa shape index (κ2) is 8.74. The van der Waals surface area contributed by atoms with Crippen molar-refractivity contribution in [1.82, 2.24) is 15.2 Å². The molecule has 7 nitrogen and oxygen atoms in total. The number of carbonyl (C=O) groups is 2. The largest absolute Gasteiger partial charge is 0.456 e. The monoisotopic (exact) mass is 481 g/mol. The summed E-state index contributed by atoms with van der Waals surface area (Å²) in [5.74, 6) is 1.23. The number of aromatic nitrogens is 1. The molecule has 0 bridgehead atoms. The van der Waals surface area contributed by atoms with Crippen LogP contribution in [0.2, 0.25) is 0 Å². The van der Waals surface area contributed by atoms with Crippen molar-refractivity contribution >= 4 is 54.8 Å². The van der Waals surface area contributed by atoms with E-state index in [4.69, 9.17) is 9.47 Å². The summed E-state index contributed by atoms with van der Waals surface area (Å²) in [6.45, 7) is 3.25. The summed E-state index contributed by atoms with van der Waals surface area (Å²) in [5, 5.41) is 3.62. The van der Waals surface area contributed by atoms with Gasteiger partial charge in [-0.05, 0) is 37.6 Å². The van der Waals surface area contributed by atoms with Gasteiger partial charge in [0.2, 0.25) is 0 Å². The average molecular weight is 482 g/mol. The number of amides is 2. The van der Waals surface area contributed by atoms with Gasteiger partial charge in [-0.15, -0.1) is 22.7 Å². The second-order valence-corrected chi connectivity index (χ2v) is 10.2. The highest BCUT2D eigenvalue weighted by atomic mass is 32.1. The third kappa shape index (κ3) is 3.96. The van der Waals surface area contributed by atoms with Crippen LogP contribution in [0.15, 0.2) is 36.5 Å². The lowest BCUT2D eigenvalue weighted by atomic mass is 10.1. The third-order valence-corrected chi connectivity index (χ3v) is 8.07. The summed E-state index contributed by atoms with van der Waals surface area (Å²) >= 11 is 2.96. The fourth-order valence-corrected chi connectivity index (χ4v) is 6.28. The van der Waals surface area contributed by atoms with Crippen molar-refractivity contribution in [3.8, 4) is 11.5 Å². The molecule has 3 aromatic heterocycles. The van der Waals surface area contributed by atoms with E-state index in [1.54, 1.807) is 31.7 Å². The predicted octanol–water partition coefficient (Wildman–Crippen LogP) is 4.83. The quantitative estimate of drug-likeness (QED) is 0.442. The number of thiophene rings is 2. The Hall–Kier alpha value is -3.01. The molecule has 1 fully saturated rings. The van der Waals surface area contributed by atoms with Gasteiger partial charge in [0, 0.05) is 54.5 Å². The zero-order valence-electron chi connectivity index (χ0n) is 18.5. The summed E-state index contributed by atoms with van der Waals surface area (Å²) in [7, 11) is 3.32. The van der Waals surface area contributed by atoms with E-state index in [1.165, 1.54) is 11.3 Å². The molecule has 9 heteroatoms. The van der Waals surface area contributed by atoms with Crippen molar-refractivity contribution in [1.29, 1.82) is 0 Å². The summed E-state index contributed by atoms with van der Waals surface area (Å²) in [6.07, 6.45) is 2.64. The molecule has 170 valence electrons. The van der Waals surface area contributed by atoms with Crippen LogP contribution in [0, 0.1) is 6.92 Å². The van der Waals surface area contributed by atoms with Gasteiger partial charge in [0.1, 0.15) is 11.5 Å². The normalized spacial score (nSPS) is 16.0. The van der Waals surface area contributed by atoms with Gasteiger partial charge >= 0.3 is 0 Å². The number of pyridine rings is 1. The minimum Gasteiger partial charge on any atom is -0.456 e. The van der Waals surface area contributed by atoms with Crippen molar-refractivity contribution in [3.05, 3.63) is 51.8 Å². The highest BCUT2D eigenvalue weighted by molar-refractivity contribution is 7.21. The Bertz CT molecular complexity index is 1380. The predicted molar refractivity (Wildman–Crippen MR) is 131 cm³/mol. The molecule has 0 aliphatic carbocycles. The number of nitrogens with zero attached hydrogens (tertiary/aromatic N) is 2. The van der Waals surface area contributed by atoms with Crippen LogP contribution in [-0.2, 0) is 4.74 Å². The maximum atomic E-state index is 13.0. The first-order valence-electron chi connectivity index (χ1n) is 10.6. The van der Waals surface area contributed by atoms with Crippen molar-refractivity contribution in [3.63, 3.8) is 0 Å². The number of nitrogens with one attached hydrogen (secondary N) is 1. The molecule has 1 aliphatic heterocycles. The van der Waals surface area contributed by atoms with Crippen molar-refractivity contribution in [2.75, 3.05) is 27.2 Å². The van der Waals surface area contributed by atoms with Crippen molar-refractivity contribution in [2.24, 2.45) is 0 Å². The molecule has 2 amide bonds. The number of methoxy groups -OCH3 is 1. The third-order valence-electron chi connectivity index (χ3n) is 5.87. The molecular weight excluding hydrogens is 458 g/mol. The number of benzene rings is 1. The van der Waals surface area contributed by atoms with E-state index < -0.39 is 0 Å². The van der Waals surface area contributed by atoms with Crippen LogP contribution in [-0.4, -0.2) is 55.0 Å². The standard InChI is InChI=1S/C24H23N3O4S2/c1-13-21(23(28)25-2)16-5-4-14(10-19(16)32-13)31-18-6-8-26-17-11-20(33-22(17)18)24(29)27-9-7-15(12-27)30-3/h4-6,8,10-11,15H,7,9,12H2,1-3H3,(H,25,28). The SMILES string of the molecule is CNC(=O)c1c(C)sc2cc(Oc3ccnc4cc(C(=O)N5CCC(OC)C5)sc34)ccc12. The fraction of sp³-hybridized carbons (Fsp3) is 0.292. The van der Waals surface area contributed by atoms with Crippen molar-refractivity contribution < 1.29 is 19.1 Å². The number of rotatable bonds is 5. The van der Waals surface area contributed by atoms with Crippen molar-refractivity contribution in [2.45, 2.75) is 19.4 Å². The molecule has 5 rings (SSSR count). The number of hydrogen-bond acceptors (Lipinski definition) is 7. The Morgan fingerprint density at radius 1 is 1.21 bits per heavy atom. The molecule has 0 saturated carbocycles. The number of likely N-dealkylation sites (tertiary alicyclic amines) is 1. The molecule has 1 aromatic carbocycles. The molecule has 4 heterocycles. The first-order chi connectivity index (χ1) is 16.0. The minimum absolute atomic E-state index is 0.000658.